The van der Waals surface area contributed by atoms with E-state index >= 15 is 0 Å². The monoisotopic (exact) mass is 378 g/mol. The lowest BCUT2D eigenvalue weighted by molar-refractivity contribution is 0.251. The van der Waals surface area contributed by atoms with Crippen LogP contribution in [0.2, 0.25) is 0 Å². The highest BCUT2D eigenvalue weighted by molar-refractivity contribution is 5.89. The van der Waals surface area contributed by atoms with Crippen LogP contribution in [0.15, 0.2) is 27.4 Å². The molecule has 0 unspecified atom stereocenters. The average molecular weight is 378 g/mol. The highest BCUT2D eigenvalue weighted by Gasteiger charge is 2.18. The molecule has 0 amide bonds. The maximum absolute atomic E-state index is 12.2. The minimum absolute atomic E-state index is 0.105. The lowest BCUT2D eigenvalue weighted by Crippen LogP contribution is -2.09. The van der Waals surface area contributed by atoms with Crippen LogP contribution in [0.4, 0.5) is 0 Å². The van der Waals surface area contributed by atoms with Gasteiger partial charge in [-0.3, -0.25) is 0 Å². The van der Waals surface area contributed by atoms with Crippen molar-refractivity contribution in [2.75, 3.05) is 19.8 Å². The van der Waals surface area contributed by atoms with Crippen molar-refractivity contribution in [2.24, 2.45) is 0 Å². The average Bonchev–Trinajstić information content (AvgIpc) is 2.67. The molecule has 0 aliphatic rings. The standard InChI is InChI=1S/C21H30O6/c1-2-3-4-5-6-8-15-26-20-18(23)16-11-10-12-17(19(16)27-21(20)24)25-14-9-7-13-22/h10-12,22-23H,2-9,13-15H2,1H3. The van der Waals surface area contributed by atoms with E-state index in [0.29, 0.717) is 37.2 Å². The number of para-hydroxylation sites is 1. The van der Waals surface area contributed by atoms with Gasteiger partial charge in [-0.15, -0.1) is 0 Å². The summed E-state index contributed by atoms with van der Waals surface area (Å²) in [5, 5.41) is 19.7. The Morgan fingerprint density at radius 1 is 0.963 bits per heavy atom. The molecular weight excluding hydrogens is 348 g/mol. The number of hydrogen-bond donors (Lipinski definition) is 2. The molecular formula is C21H30O6. The maximum Gasteiger partial charge on any atom is 0.383 e. The number of fused-ring (bicyclic) bond motifs is 1. The van der Waals surface area contributed by atoms with Crippen LogP contribution in [0, 0.1) is 0 Å². The van der Waals surface area contributed by atoms with Crippen LogP contribution in [0.5, 0.6) is 17.2 Å². The molecule has 6 heteroatoms. The normalized spacial score (nSPS) is 11.0. The smallest absolute Gasteiger partial charge is 0.383 e. The van der Waals surface area contributed by atoms with Gasteiger partial charge in [0.05, 0.1) is 18.6 Å². The SMILES string of the molecule is CCCCCCCCOc1c(O)c2cccc(OCCCCO)c2oc1=O. The van der Waals surface area contributed by atoms with Crippen molar-refractivity contribution in [3.05, 3.63) is 28.6 Å². The predicted octanol–water partition coefficient (Wildman–Crippen LogP) is 4.39. The van der Waals surface area contributed by atoms with Crippen LogP contribution >= 0.6 is 0 Å². The fraction of sp³-hybridized carbons (Fsp3) is 0.571. The van der Waals surface area contributed by atoms with E-state index in [4.69, 9.17) is 19.0 Å². The van der Waals surface area contributed by atoms with Crippen LogP contribution < -0.4 is 15.1 Å². The zero-order chi connectivity index (χ0) is 19.5. The summed E-state index contributed by atoms with van der Waals surface area (Å²) < 4.78 is 16.5. The quantitative estimate of drug-likeness (QED) is 0.397. The summed E-state index contributed by atoms with van der Waals surface area (Å²) in [6, 6.07) is 5.06. The second-order valence-corrected chi connectivity index (χ2v) is 6.60. The predicted molar refractivity (Wildman–Crippen MR) is 105 cm³/mol. The van der Waals surface area contributed by atoms with Crippen molar-refractivity contribution in [1.29, 1.82) is 0 Å². The van der Waals surface area contributed by atoms with Gasteiger partial charge in [0.2, 0.25) is 5.75 Å². The van der Waals surface area contributed by atoms with Crippen molar-refractivity contribution >= 4 is 11.0 Å². The van der Waals surface area contributed by atoms with E-state index in [9.17, 15) is 9.90 Å². The molecule has 1 aromatic heterocycles. The van der Waals surface area contributed by atoms with Crippen LogP contribution in [0.25, 0.3) is 11.0 Å². The second kappa shape index (κ2) is 11.5. The van der Waals surface area contributed by atoms with E-state index in [0.717, 1.165) is 19.3 Å². The number of benzene rings is 1. The molecule has 1 heterocycles. The van der Waals surface area contributed by atoms with Crippen molar-refractivity contribution in [3.63, 3.8) is 0 Å². The Kier molecular flexibility index (Phi) is 8.98. The van der Waals surface area contributed by atoms with E-state index < -0.39 is 5.63 Å². The van der Waals surface area contributed by atoms with Crippen molar-refractivity contribution in [2.45, 2.75) is 58.3 Å². The topological polar surface area (TPSA) is 89.1 Å². The first-order valence-corrected chi connectivity index (χ1v) is 9.84. The maximum atomic E-state index is 12.2. The summed E-state index contributed by atoms with van der Waals surface area (Å²) in [5.74, 6) is 0.0295. The minimum Gasteiger partial charge on any atom is -0.504 e. The summed E-state index contributed by atoms with van der Waals surface area (Å²) in [5.41, 5.74) is -0.506. The Balaban J connectivity index is 2.03. The second-order valence-electron chi connectivity index (χ2n) is 6.60. The zero-order valence-electron chi connectivity index (χ0n) is 16.0. The van der Waals surface area contributed by atoms with Crippen LogP contribution in [0.1, 0.15) is 58.3 Å². The molecule has 0 atom stereocenters. The van der Waals surface area contributed by atoms with Gasteiger partial charge >= 0.3 is 5.63 Å². The lowest BCUT2D eigenvalue weighted by Gasteiger charge is -2.11. The van der Waals surface area contributed by atoms with Gasteiger partial charge in [-0.05, 0) is 31.4 Å². The molecule has 6 nitrogen and oxygen atoms in total. The summed E-state index contributed by atoms with van der Waals surface area (Å²) in [6.07, 6.45) is 7.97. The molecule has 2 aromatic rings. The summed E-state index contributed by atoms with van der Waals surface area (Å²) in [4.78, 5) is 12.2. The summed E-state index contributed by atoms with van der Waals surface area (Å²) in [6.45, 7) is 3.04. The number of aliphatic hydroxyl groups excluding tert-OH is 1. The summed E-state index contributed by atoms with van der Waals surface area (Å²) >= 11 is 0. The molecule has 0 saturated carbocycles. The van der Waals surface area contributed by atoms with Gasteiger partial charge in [0.1, 0.15) is 0 Å². The highest BCUT2D eigenvalue weighted by atomic mass is 16.5. The molecule has 1 aromatic carbocycles. The van der Waals surface area contributed by atoms with E-state index in [-0.39, 0.29) is 23.7 Å². The summed E-state index contributed by atoms with van der Waals surface area (Å²) in [7, 11) is 0. The van der Waals surface area contributed by atoms with Gasteiger partial charge in [0.15, 0.2) is 17.1 Å². The number of ether oxygens (including phenoxy) is 2. The lowest BCUT2D eigenvalue weighted by atomic mass is 10.1. The van der Waals surface area contributed by atoms with Crippen LogP contribution in [-0.4, -0.2) is 30.0 Å². The van der Waals surface area contributed by atoms with Crippen molar-refractivity contribution in [1.82, 2.24) is 0 Å². The molecule has 0 spiro atoms. The zero-order valence-corrected chi connectivity index (χ0v) is 16.0. The Morgan fingerprint density at radius 2 is 1.67 bits per heavy atom. The first kappa shape index (κ1) is 21.1. The molecule has 0 bridgehead atoms. The van der Waals surface area contributed by atoms with Gasteiger partial charge in [-0.2, -0.15) is 0 Å². The number of aliphatic hydroxyl groups is 1. The van der Waals surface area contributed by atoms with Crippen molar-refractivity contribution < 1.29 is 24.1 Å². The molecule has 0 saturated heterocycles. The van der Waals surface area contributed by atoms with E-state index in [1.54, 1.807) is 18.2 Å². The molecule has 2 rings (SSSR count). The number of hydrogen-bond acceptors (Lipinski definition) is 6. The fourth-order valence-corrected chi connectivity index (χ4v) is 2.86. The first-order chi connectivity index (χ1) is 13.2. The molecule has 2 N–H and O–H groups in total. The first-order valence-electron chi connectivity index (χ1n) is 9.84. The third-order valence-corrected chi connectivity index (χ3v) is 4.38. The highest BCUT2D eigenvalue weighted by Crippen LogP contribution is 2.35. The molecule has 150 valence electrons. The number of aromatic hydroxyl groups is 1. The van der Waals surface area contributed by atoms with Gasteiger partial charge in [-0.25, -0.2) is 4.79 Å². The molecule has 0 aliphatic carbocycles. The van der Waals surface area contributed by atoms with Gasteiger partial charge < -0.3 is 24.1 Å². The number of rotatable bonds is 13. The van der Waals surface area contributed by atoms with Gasteiger partial charge in [0.25, 0.3) is 0 Å². The minimum atomic E-state index is -0.711. The molecule has 0 aliphatic heterocycles. The van der Waals surface area contributed by atoms with Gasteiger partial charge in [0, 0.05) is 6.61 Å². The molecule has 27 heavy (non-hydrogen) atoms. The number of unbranched alkanes of at least 4 members (excludes halogenated alkanes) is 6. The Morgan fingerprint density at radius 3 is 2.44 bits per heavy atom. The fourth-order valence-electron chi connectivity index (χ4n) is 2.86. The van der Waals surface area contributed by atoms with E-state index in [2.05, 4.69) is 6.92 Å². The Labute approximate surface area is 159 Å². The largest absolute Gasteiger partial charge is 0.504 e. The van der Waals surface area contributed by atoms with E-state index in [1.807, 2.05) is 0 Å². The third-order valence-electron chi connectivity index (χ3n) is 4.38. The Hall–Kier alpha value is -2.21. The van der Waals surface area contributed by atoms with Gasteiger partial charge in [-0.1, -0.05) is 45.1 Å². The third kappa shape index (κ3) is 6.17. The van der Waals surface area contributed by atoms with E-state index in [1.165, 1.54) is 19.3 Å². The molecule has 0 radical (unpaired) electrons. The van der Waals surface area contributed by atoms with Crippen LogP contribution in [-0.2, 0) is 0 Å². The van der Waals surface area contributed by atoms with Crippen molar-refractivity contribution in [3.8, 4) is 17.2 Å². The molecule has 0 fully saturated rings. The van der Waals surface area contributed by atoms with Crippen LogP contribution in [0.3, 0.4) is 0 Å². The Bertz CT molecular complexity index is 752.